The largest absolute Gasteiger partial charge is 0.378 e. The third kappa shape index (κ3) is 3.33. The molecule has 1 aromatic heterocycles. The van der Waals surface area contributed by atoms with E-state index in [1.807, 2.05) is 24.3 Å². The molecule has 0 amide bonds. The summed E-state index contributed by atoms with van der Waals surface area (Å²) in [6, 6.07) is 7.61. The van der Waals surface area contributed by atoms with Gasteiger partial charge in [-0.2, -0.15) is 0 Å². The summed E-state index contributed by atoms with van der Waals surface area (Å²) in [6.45, 7) is 2.32. The Kier molecular flexibility index (Phi) is 4.17. The Morgan fingerprint density at radius 3 is 2.76 bits per heavy atom. The number of hydrogen-bond acceptors (Lipinski definition) is 6. The molecule has 0 unspecified atom stereocenters. The van der Waals surface area contributed by atoms with E-state index in [0.717, 1.165) is 11.0 Å². The van der Waals surface area contributed by atoms with E-state index in [2.05, 4.69) is 20.5 Å². The van der Waals surface area contributed by atoms with Gasteiger partial charge in [-0.3, -0.25) is 0 Å². The Morgan fingerprint density at radius 2 is 1.94 bits per heavy atom. The molecule has 2 rings (SSSR count). The van der Waals surface area contributed by atoms with Crippen molar-refractivity contribution in [3.05, 3.63) is 24.3 Å². The highest BCUT2D eigenvalue weighted by Crippen LogP contribution is 2.08. The number of fused-ring (bicyclic) bond motifs is 1. The normalized spacial score (nSPS) is 10.6. The molecule has 0 atom stereocenters. The summed E-state index contributed by atoms with van der Waals surface area (Å²) in [6.07, 6.45) is 0. The van der Waals surface area contributed by atoms with Crippen LogP contribution in [0.4, 0.5) is 5.95 Å². The number of ether oxygens (including phenoxy) is 1. The van der Waals surface area contributed by atoms with Gasteiger partial charge < -0.3 is 15.8 Å². The maximum absolute atomic E-state index is 5.30. The highest BCUT2D eigenvalue weighted by molar-refractivity contribution is 5.73. The maximum atomic E-state index is 5.30. The monoisotopic (exact) mass is 233 g/mol. The SMILES string of the molecule is NCCOCCNc1nnc2ccccc2n1. The fourth-order valence-corrected chi connectivity index (χ4v) is 1.38. The molecule has 0 aliphatic heterocycles. The smallest absolute Gasteiger partial charge is 0.243 e. The second-order valence-electron chi connectivity index (χ2n) is 3.45. The van der Waals surface area contributed by atoms with Crippen LogP contribution in [0, 0.1) is 0 Å². The zero-order valence-corrected chi connectivity index (χ0v) is 9.47. The molecule has 0 radical (unpaired) electrons. The topological polar surface area (TPSA) is 86.0 Å². The molecule has 0 bridgehead atoms. The fraction of sp³-hybridized carbons (Fsp3) is 0.364. The van der Waals surface area contributed by atoms with E-state index in [1.54, 1.807) is 0 Å². The van der Waals surface area contributed by atoms with Gasteiger partial charge in [0, 0.05) is 13.1 Å². The van der Waals surface area contributed by atoms with E-state index >= 15 is 0 Å². The number of hydrogen-bond donors (Lipinski definition) is 2. The van der Waals surface area contributed by atoms with Crippen LogP contribution in [-0.2, 0) is 4.74 Å². The van der Waals surface area contributed by atoms with Crippen molar-refractivity contribution in [2.45, 2.75) is 0 Å². The first-order valence-corrected chi connectivity index (χ1v) is 5.51. The molecule has 0 aliphatic carbocycles. The molecule has 0 fully saturated rings. The van der Waals surface area contributed by atoms with Gasteiger partial charge in [-0.1, -0.05) is 12.1 Å². The molecular formula is C11H15N5O. The van der Waals surface area contributed by atoms with Crippen LogP contribution in [0.2, 0.25) is 0 Å². The molecule has 2 aromatic rings. The zero-order valence-electron chi connectivity index (χ0n) is 9.47. The van der Waals surface area contributed by atoms with Crippen LogP contribution in [0.15, 0.2) is 24.3 Å². The van der Waals surface area contributed by atoms with Gasteiger partial charge in [0.15, 0.2) is 0 Å². The number of anilines is 1. The Labute approximate surface area is 99.2 Å². The minimum absolute atomic E-state index is 0.514. The lowest BCUT2D eigenvalue weighted by Crippen LogP contribution is -2.15. The van der Waals surface area contributed by atoms with E-state index in [-0.39, 0.29) is 0 Å². The molecule has 1 heterocycles. The molecule has 3 N–H and O–H groups in total. The highest BCUT2D eigenvalue weighted by atomic mass is 16.5. The number of nitrogens with zero attached hydrogens (tertiary/aromatic N) is 3. The molecule has 0 saturated heterocycles. The van der Waals surface area contributed by atoms with E-state index in [1.165, 1.54) is 0 Å². The molecule has 0 aliphatic rings. The van der Waals surface area contributed by atoms with Crippen molar-refractivity contribution in [1.29, 1.82) is 0 Å². The van der Waals surface area contributed by atoms with Crippen LogP contribution in [0.5, 0.6) is 0 Å². The number of nitrogens with one attached hydrogen (secondary N) is 1. The molecule has 0 spiro atoms. The number of nitrogens with two attached hydrogens (primary N) is 1. The molecule has 90 valence electrons. The average Bonchev–Trinajstić information content (AvgIpc) is 2.38. The second-order valence-corrected chi connectivity index (χ2v) is 3.45. The van der Waals surface area contributed by atoms with Gasteiger partial charge in [-0.15, -0.1) is 10.2 Å². The van der Waals surface area contributed by atoms with Crippen LogP contribution in [-0.4, -0.2) is 41.5 Å². The Bertz CT molecular complexity index is 476. The molecule has 6 nitrogen and oxygen atoms in total. The van der Waals surface area contributed by atoms with Crippen LogP contribution < -0.4 is 11.1 Å². The average molecular weight is 233 g/mol. The predicted octanol–water partition coefficient (Wildman–Crippen LogP) is 0.412. The minimum Gasteiger partial charge on any atom is -0.378 e. The van der Waals surface area contributed by atoms with Crippen LogP contribution in [0.3, 0.4) is 0 Å². The summed E-state index contributed by atoms with van der Waals surface area (Å²) in [4.78, 5) is 4.33. The predicted molar refractivity (Wildman–Crippen MR) is 65.7 cm³/mol. The summed E-state index contributed by atoms with van der Waals surface area (Å²) < 4.78 is 5.23. The zero-order chi connectivity index (χ0) is 11.9. The Morgan fingerprint density at radius 1 is 1.12 bits per heavy atom. The Balaban J connectivity index is 1.90. The highest BCUT2D eigenvalue weighted by Gasteiger charge is 1.99. The molecular weight excluding hydrogens is 218 g/mol. The van der Waals surface area contributed by atoms with Crippen LogP contribution in [0.25, 0.3) is 11.0 Å². The van der Waals surface area contributed by atoms with Gasteiger partial charge in [0.25, 0.3) is 0 Å². The number of rotatable bonds is 6. The van der Waals surface area contributed by atoms with Crippen molar-refractivity contribution in [3.8, 4) is 0 Å². The van der Waals surface area contributed by atoms with E-state index in [9.17, 15) is 0 Å². The fourth-order valence-electron chi connectivity index (χ4n) is 1.38. The first kappa shape index (κ1) is 11.7. The summed E-state index contributed by atoms with van der Waals surface area (Å²) in [5, 5.41) is 11.1. The third-order valence-electron chi connectivity index (χ3n) is 2.15. The van der Waals surface area contributed by atoms with E-state index in [0.29, 0.717) is 32.3 Å². The lowest BCUT2D eigenvalue weighted by molar-refractivity contribution is 0.151. The molecule has 1 aromatic carbocycles. The lowest BCUT2D eigenvalue weighted by Gasteiger charge is -2.05. The van der Waals surface area contributed by atoms with E-state index in [4.69, 9.17) is 10.5 Å². The van der Waals surface area contributed by atoms with Gasteiger partial charge in [0.2, 0.25) is 5.95 Å². The first-order chi connectivity index (χ1) is 8.40. The Hall–Kier alpha value is -1.79. The summed E-state index contributed by atoms with van der Waals surface area (Å²) in [5.74, 6) is 0.514. The third-order valence-corrected chi connectivity index (χ3v) is 2.15. The van der Waals surface area contributed by atoms with Crippen molar-refractivity contribution in [2.24, 2.45) is 5.73 Å². The lowest BCUT2D eigenvalue weighted by atomic mass is 10.3. The van der Waals surface area contributed by atoms with Crippen molar-refractivity contribution >= 4 is 17.0 Å². The molecule has 6 heteroatoms. The van der Waals surface area contributed by atoms with E-state index < -0.39 is 0 Å². The van der Waals surface area contributed by atoms with Gasteiger partial charge in [-0.05, 0) is 12.1 Å². The second kappa shape index (κ2) is 6.07. The van der Waals surface area contributed by atoms with Crippen molar-refractivity contribution in [3.63, 3.8) is 0 Å². The summed E-state index contributed by atoms with van der Waals surface area (Å²) >= 11 is 0. The summed E-state index contributed by atoms with van der Waals surface area (Å²) in [7, 11) is 0. The number of para-hydroxylation sites is 1. The minimum atomic E-state index is 0.514. The van der Waals surface area contributed by atoms with Gasteiger partial charge in [-0.25, -0.2) is 4.98 Å². The van der Waals surface area contributed by atoms with Crippen molar-refractivity contribution in [2.75, 3.05) is 31.6 Å². The maximum Gasteiger partial charge on any atom is 0.243 e. The van der Waals surface area contributed by atoms with Gasteiger partial charge in [0.05, 0.1) is 18.7 Å². The molecule has 17 heavy (non-hydrogen) atoms. The van der Waals surface area contributed by atoms with Crippen LogP contribution >= 0.6 is 0 Å². The molecule has 0 saturated carbocycles. The van der Waals surface area contributed by atoms with Crippen LogP contribution in [0.1, 0.15) is 0 Å². The number of aromatic nitrogens is 3. The quantitative estimate of drug-likeness (QED) is 0.703. The van der Waals surface area contributed by atoms with Gasteiger partial charge in [0.1, 0.15) is 5.52 Å². The number of benzene rings is 1. The summed E-state index contributed by atoms with van der Waals surface area (Å²) in [5.41, 5.74) is 6.92. The standard InChI is InChI=1S/C11H15N5O/c12-5-7-17-8-6-13-11-14-9-3-1-2-4-10(9)15-16-11/h1-4H,5-8,12H2,(H,13,14,16). The first-order valence-electron chi connectivity index (χ1n) is 5.51. The van der Waals surface area contributed by atoms with Crippen molar-refractivity contribution in [1.82, 2.24) is 15.2 Å². The van der Waals surface area contributed by atoms with Gasteiger partial charge >= 0.3 is 0 Å². The van der Waals surface area contributed by atoms with Crippen molar-refractivity contribution < 1.29 is 4.74 Å².